The molecule has 0 aliphatic heterocycles. The molecule has 0 aliphatic carbocycles. The minimum Gasteiger partial charge on any atom is -0.276 e. The molecule has 0 spiro atoms. The molecule has 1 N–H and O–H groups in total. The van der Waals surface area contributed by atoms with Gasteiger partial charge in [0.05, 0.1) is 16.9 Å². The highest BCUT2D eigenvalue weighted by Gasteiger charge is 2.23. The molecule has 7 heteroatoms. The minimum absolute atomic E-state index is 0.239. The van der Waals surface area contributed by atoms with Crippen LogP contribution in [0, 0.1) is 6.92 Å². The zero-order chi connectivity index (χ0) is 18.1. The summed E-state index contributed by atoms with van der Waals surface area (Å²) >= 11 is 1.17. The number of thiophene rings is 1. The first-order valence-electron chi connectivity index (χ1n) is 7.92. The van der Waals surface area contributed by atoms with Gasteiger partial charge in [0.2, 0.25) is 0 Å². The van der Waals surface area contributed by atoms with Crippen LogP contribution in [0.25, 0.3) is 22.2 Å². The first-order valence-corrected chi connectivity index (χ1v) is 10.3. The Bertz CT molecular complexity index is 1190. The Hall–Kier alpha value is -2.77. The first kappa shape index (κ1) is 16.7. The molecule has 0 amide bonds. The van der Waals surface area contributed by atoms with E-state index in [1.54, 1.807) is 36.0 Å². The fourth-order valence-corrected chi connectivity index (χ4v) is 5.28. The van der Waals surface area contributed by atoms with Crippen LogP contribution >= 0.6 is 11.3 Å². The van der Waals surface area contributed by atoms with Crippen LogP contribution in [0.5, 0.6) is 0 Å². The molecule has 4 aromatic rings. The molecule has 0 bridgehead atoms. The first-order chi connectivity index (χ1) is 12.6. The second kappa shape index (κ2) is 6.51. The lowest BCUT2D eigenvalue weighted by atomic mass is 10.1. The van der Waals surface area contributed by atoms with Crippen LogP contribution in [0.1, 0.15) is 5.56 Å². The summed E-state index contributed by atoms with van der Waals surface area (Å²) in [6.45, 7) is 1.86. The van der Waals surface area contributed by atoms with Gasteiger partial charge >= 0.3 is 0 Å². The quantitative estimate of drug-likeness (QED) is 0.566. The zero-order valence-electron chi connectivity index (χ0n) is 13.9. The van der Waals surface area contributed by atoms with E-state index < -0.39 is 10.0 Å². The Balaban J connectivity index is 1.81. The number of fused-ring (bicyclic) bond motifs is 1. The summed E-state index contributed by atoms with van der Waals surface area (Å²) in [7, 11) is -3.77. The Morgan fingerprint density at radius 2 is 1.81 bits per heavy atom. The fourth-order valence-electron chi connectivity index (χ4n) is 2.77. The van der Waals surface area contributed by atoms with Crippen molar-refractivity contribution in [3.63, 3.8) is 0 Å². The summed E-state index contributed by atoms with van der Waals surface area (Å²) in [5.41, 5.74) is 3.17. The summed E-state index contributed by atoms with van der Waals surface area (Å²) in [4.78, 5) is 8.62. The third kappa shape index (κ3) is 2.95. The van der Waals surface area contributed by atoms with Crippen molar-refractivity contribution in [3.8, 4) is 11.3 Å². The number of benzene rings is 1. The Morgan fingerprint density at radius 3 is 2.62 bits per heavy atom. The molecule has 3 aromatic heterocycles. The van der Waals surface area contributed by atoms with E-state index in [0.29, 0.717) is 22.5 Å². The van der Waals surface area contributed by atoms with E-state index in [1.807, 2.05) is 37.3 Å². The Morgan fingerprint density at radius 1 is 0.962 bits per heavy atom. The second-order valence-electron chi connectivity index (χ2n) is 5.77. The van der Waals surface area contributed by atoms with Crippen LogP contribution in [-0.2, 0) is 10.0 Å². The van der Waals surface area contributed by atoms with Gasteiger partial charge in [0, 0.05) is 23.3 Å². The van der Waals surface area contributed by atoms with Crippen molar-refractivity contribution in [1.29, 1.82) is 0 Å². The van der Waals surface area contributed by atoms with Crippen LogP contribution in [0.3, 0.4) is 0 Å². The van der Waals surface area contributed by atoms with Crippen molar-refractivity contribution >= 4 is 38.0 Å². The molecule has 0 atom stereocenters. The van der Waals surface area contributed by atoms with E-state index >= 15 is 0 Å². The number of pyridine rings is 2. The third-order valence-electron chi connectivity index (χ3n) is 4.03. The normalized spacial score (nSPS) is 11.6. The molecule has 0 saturated heterocycles. The monoisotopic (exact) mass is 381 g/mol. The van der Waals surface area contributed by atoms with Gasteiger partial charge in [-0.2, -0.15) is 0 Å². The van der Waals surface area contributed by atoms with Gasteiger partial charge in [0.1, 0.15) is 4.21 Å². The molecule has 0 unspecified atom stereocenters. The molecule has 4 rings (SSSR count). The summed E-state index contributed by atoms with van der Waals surface area (Å²) in [5, 5.41) is 2.64. The van der Waals surface area contributed by atoms with Gasteiger partial charge in [-0.15, -0.1) is 11.3 Å². The number of anilines is 1. The summed E-state index contributed by atoms with van der Waals surface area (Å²) in [5.74, 6) is 0. The largest absolute Gasteiger partial charge is 0.276 e. The van der Waals surface area contributed by atoms with E-state index in [4.69, 9.17) is 0 Å². The van der Waals surface area contributed by atoms with Crippen molar-refractivity contribution in [3.05, 3.63) is 71.9 Å². The van der Waals surface area contributed by atoms with E-state index in [-0.39, 0.29) is 4.21 Å². The smallest absolute Gasteiger partial charge is 0.272 e. The maximum atomic E-state index is 13.1. The van der Waals surface area contributed by atoms with Crippen LogP contribution in [0.4, 0.5) is 5.69 Å². The lowest BCUT2D eigenvalue weighted by Crippen LogP contribution is -2.14. The summed E-state index contributed by atoms with van der Waals surface area (Å²) in [6.07, 6.45) is 3.31. The minimum atomic E-state index is -3.77. The third-order valence-corrected chi connectivity index (χ3v) is 6.87. The van der Waals surface area contributed by atoms with Gasteiger partial charge in [0.25, 0.3) is 10.0 Å². The number of nitrogens with zero attached hydrogens (tertiary/aromatic N) is 2. The number of nitrogens with one attached hydrogen (secondary N) is 1. The van der Waals surface area contributed by atoms with Crippen LogP contribution in [0.15, 0.2) is 70.5 Å². The molecular weight excluding hydrogens is 366 g/mol. The molecule has 3 heterocycles. The van der Waals surface area contributed by atoms with Crippen LogP contribution in [-0.4, -0.2) is 18.4 Å². The fraction of sp³-hybridized carbons (Fsp3) is 0.0526. The predicted octanol–water partition coefficient (Wildman–Crippen LogP) is 4.47. The van der Waals surface area contributed by atoms with E-state index in [0.717, 1.165) is 10.9 Å². The Labute approximate surface area is 155 Å². The van der Waals surface area contributed by atoms with Gasteiger partial charge in [-0.1, -0.05) is 24.3 Å². The maximum absolute atomic E-state index is 13.1. The number of hydrogen-bond acceptors (Lipinski definition) is 5. The van der Waals surface area contributed by atoms with E-state index in [9.17, 15) is 8.42 Å². The van der Waals surface area contributed by atoms with Gasteiger partial charge in [0.15, 0.2) is 0 Å². The van der Waals surface area contributed by atoms with Crippen LogP contribution in [0.2, 0.25) is 0 Å². The molecule has 5 nitrogen and oxygen atoms in total. The molecule has 0 saturated carbocycles. The van der Waals surface area contributed by atoms with Crippen molar-refractivity contribution < 1.29 is 8.42 Å². The Kier molecular flexibility index (Phi) is 4.18. The molecular formula is C19H15N3O2S2. The van der Waals surface area contributed by atoms with Crippen molar-refractivity contribution in [2.75, 3.05) is 4.72 Å². The highest BCUT2D eigenvalue weighted by atomic mass is 32.2. The van der Waals surface area contributed by atoms with Crippen molar-refractivity contribution in [1.82, 2.24) is 9.97 Å². The van der Waals surface area contributed by atoms with Gasteiger partial charge in [-0.3, -0.25) is 14.7 Å². The average molecular weight is 381 g/mol. The maximum Gasteiger partial charge on any atom is 0.272 e. The standard InChI is InChI=1S/C19H15N3O2S2/c1-13-7-8-14-5-4-11-21-18(14)17(13)22-26(23,24)19-15(9-12-25-19)16-6-2-3-10-20-16/h2-12,22H,1H3. The molecule has 0 aliphatic rings. The molecule has 130 valence electrons. The predicted molar refractivity (Wildman–Crippen MR) is 105 cm³/mol. The van der Waals surface area contributed by atoms with Gasteiger partial charge < -0.3 is 0 Å². The number of aromatic nitrogens is 2. The average Bonchev–Trinajstić information content (AvgIpc) is 3.16. The van der Waals surface area contributed by atoms with Gasteiger partial charge in [-0.05, 0) is 42.1 Å². The molecule has 1 aromatic carbocycles. The lowest BCUT2D eigenvalue weighted by molar-refractivity contribution is 0.603. The molecule has 0 radical (unpaired) electrons. The molecule has 26 heavy (non-hydrogen) atoms. The summed E-state index contributed by atoms with van der Waals surface area (Å²) < 4.78 is 29.2. The zero-order valence-corrected chi connectivity index (χ0v) is 15.5. The molecule has 0 fully saturated rings. The number of rotatable bonds is 4. The lowest BCUT2D eigenvalue weighted by Gasteiger charge is -2.13. The van der Waals surface area contributed by atoms with Gasteiger partial charge in [-0.25, -0.2) is 8.42 Å². The van der Waals surface area contributed by atoms with Crippen molar-refractivity contribution in [2.24, 2.45) is 0 Å². The number of sulfonamides is 1. The number of aryl methyl sites for hydroxylation is 1. The summed E-state index contributed by atoms with van der Waals surface area (Å²) in [6, 6.07) is 14.8. The number of hydrogen-bond donors (Lipinski definition) is 1. The van der Waals surface area contributed by atoms with Crippen molar-refractivity contribution in [2.45, 2.75) is 11.1 Å². The van der Waals surface area contributed by atoms with Crippen LogP contribution < -0.4 is 4.72 Å². The second-order valence-corrected chi connectivity index (χ2v) is 8.57. The highest BCUT2D eigenvalue weighted by molar-refractivity contribution is 7.94. The van der Waals surface area contributed by atoms with E-state index in [2.05, 4.69) is 14.7 Å². The highest BCUT2D eigenvalue weighted by Crippen LogP contribution is 2.34. The SMILES string of the molecule is Cc1ccc2cccnc2c1NS(=O)(=O)c1sccc1-c1ccccn1. The van der Waals surface area contributed by atoms with E-state index in [1.165, 1.54) is 11.3 Å². The topological polar surface area (TPSA) is 72.0 Å².